The lowest BCUT2D eigenvalue weighted by molar-refractivity contribution is 0.0947. The summed E-state index contributed by atoms with van der Waals surface area (Å²) in [6.07, 6.45) is 8.67. The summed E-state index contributed by atoms with van der Waals surface area (Å²) in [6, 6.07) is 2.54. The number of hydrogen-bond acceptors (Lipinski definition) is 3. The van der Waals surface area contributed by atoms with E-state index in [4.69, 9.17) is 12.2 Å². The van der Waals surface area contributed by atoms with Crippen LogP contribution in [-0.2, 0) is 12.8 Å². The molecule has 3 aliphatic rings. The highest BCUT2D eigenvalue weighted by Gasteiger charge is 2.39. The molecule has 2 bridgehead atoms. The van der Waals surface area contributed by atoms with Gasteiger partial charge in [0.1, 0.15) is 0 Å². The van der Waals surface area contributed by atoms with Gasteiger partial charge in [-0.05, 0) is 80.1 Å². The summed E-state index contributed by atoms with van der Waals surface area (Å²) in [5.74, 6) is 2.28. The fourth-order valence-electron chi connectivity index (χ4n) is 4.62. The molecular weight excluding hydrogens is 338 g/mol. The molecule has 1 amide bonds. The molecule has 4 nitrogen and oxygen atoms in total. The Morgan fingerprint density at radius 1 is 1.25 bits per heavy atom. The largest absolute Gasteiger partial charge is 0.358 e. The van der Waals surface area contributed by atoms with Gasteiger partial charge in [-0.2, -0.15) is 0 Å². The molecule has 3 aliphatic carbocycles. The summed E-state index contributed by atoms with van der Waals surface area (Å²) in [4.78, 5) is 14.5. The first-order chi connectivity index (χ1) is 11.6. The van der Waals surface area contributed by atoms with E-state index in [1.54, 1.807) is 11.3 Å². The van der Waals surface area contributed by atoms with E-state index in [-0.39, 0.29) is 5.91 Å². The minimum atomic E-state index is -0.0841. The minimum Gasteiger partial charge on any atom is -0.358 e. The Morgan fingerprint density at radius 3 is 2.88 bits per heavy atom. The van der Waals surface area contributed by atoms with Gasteiger partial charge in [-0.25, -0.2) is 0 Å². The highest BCUT2D eigenvalue weighted by Crippen LogP contribution is 2.44. The number of thiocarbonyl (C=S) groups is 1. The molecule has 0 spiro atoms. The molecule has 2 saturated carbocycles. The van der Waals surface area contributed by atoms with Crippen molar-refractivity contribution in [1.82, 2.24) is 16.2 Å². The first-order valence-corrected chi connectivity index (χ1v) is 10.3. The van der Waals surface area contributed by atoms with Crippen LogP contribution in [0.3, 0.4) is 0 Å². The maximum Gasteiger partial charge on any atom is 0.279 e. The van der Waals surface area contributed by atoms with Gasteiger partial charge in [-0.1, -0.05) is 13.3 Å². The van der Waals surface area contributed by atoms with Gasteiger partial charge < -0.3 is 5.32 Å². The average Bonchev–Trinajstić information content (AvgIpc) is 3.26. The molecule has 4 atom stereocenters. The van der Waals surface area contributed by atoms with Crippen LogP contribution in [-0.4, -0.2) is 17.1 Å². The number of nitrogens with one attached hydrogen (secondary N) is 3. The van der Waals surface area contributed by atoms with Crippen LogP contribution in [0, 0.1) is 17.8 Å². The molecule has 0 aliphatic heterocycles. The van der Waals surface area contributed by atoms with Crippen molar-refractivity contribution in [3.63, 3.8) is 0 Å². The summed E-state index contributed by atoms with van der Waals surface area (Å²) in [5.41, 5.74) is 6.99. The lowest BCUT2D eigenvalue weighted by atomic mass is 9.90. The normalized spacial score (nSPS) is 30.7. The van der Waals surface area contributed by atoms with Crippen molar-refractivity contribution in [1.29, 1.82) is 0 Å². The second-order valence-corrected chi connectivity index (χ2v) is 9.29. The zero-order chi connectivity index (χ0) is 16.7. The molecule has 3 N–H and O–H groups in total. The third-order valence-electron chi connectivity index (χ3n) is 5.90. The second-order valence-electron chi connectivity index (χ2n) is 7.74. The van der Waals surface area contributed by atoms with E-state index in [1.807, 2.05) is 0 Å². The number of aryl methyl sites for hydroxylation is 1. The molecule has 130 valence electrons. The highest BCUT2D eigenvalue weighted by molar-refractivity contribution is 7.80. The fraction of sp³-hybridized carbons (Fsp3) is 0.667. The van der Waals surface area contributed by atoms with Crippen molar-refractivity contribution < 1.29 is 4.79 Å². The minimum absolute atomic E-state index is 0.0841. The lowest BCUT2D eigenvalue weighted by Gasteiger charge is -2.24. The number of fused-ring (bicyclic) bond motifs is 3. The Hall–Kier alpha value is -1.14. The van der Waals surface area contributed by atoms with Crippen molar-refractivity contribution in [3.8, 4) is 0 Å². The van der Waals surface area contributed by atoms with Crippen LogP contribution in [0.4, 0.5) is 0 Å². The predicted molar refractivity (Wildman–Crippen MR) is 101 cm³/mol. The number of hydrogen-bond donors (Lipinski definition) is 3. The highest BCUT2D eigenvalue weighted by atomic mass is 32.1. The van der Waals surface area contributed by atoms with E-state index in [2.05, 4.69) is 29.2 Å². The number of thiophene rings is 1. The van der Waals surface area contributed by atoms with Gasteiger partial charge in [0.05, 0.1) is 4.88 Å². The Labute approximate surface area is 152 Å². The molecular formula is C18H25N3OS2. The molecule has 1 aromatic rings. The van der Waals surface area contributed by atoms with Crippen LogP contribution in [0.25, 0.3) is 0 Å². The summed E-state index contributed by atoms with van der Waals surface area (Å²) in [5, 5.41) is 3.92. The Balaban J connectivity index is 1.28. The summed E-state index contributed by atoms with van der Waals surface area (Å²) < 4.78 is 0. The molecule has 0 saturated heterocycles. The van der Waals surface area contributed by atoms with Crippen LogP contribution < -0.4 is 16.2 Å². The van der Waals surface area contributed by atoms with E-state index < -0.39 is 0 Å². The molecule has 1 heterocycles. The summed E-state index contributed by atoms with van der Waals surface area (Å²) >= 11 is 6.97. The third kappa shape index (κ3) is 3.31. The van der Waals surface area contributed by atoms with Gasteiger partial charge in [0.2, 0.25) is 0 Å². The van der Waals surface area contributed by atoms with Gasteiger partial charge in [-0.3, -0.25) is 15.6 Å². The van der Waals surface area contributed by atoms with E-state index in [0.717, 1.165) is 35.5 Å². The number of carbonyl (C=O) groups excluding carboxylic acids is 1. The van der Waals surface area contributed by atoms with Crippen molar-refractivity contribution in [3.05, 3.63) is 21.4 Å². The molecule has 6 heteroatoms. The van der Waals surface area contributed by atoms with Gasteiger partial charge >= 0.3 is 0 Å². The first-order valence-electron chi connectivity index (χ1n) is 9.07. The Kier molecular flexibility index (Phi) is 4.52. The van der Waals surface area contributed by atoms with Crippen LogP contribution >= 0.6 is 23.6 Å². The zero-order valence-electron chi connectivity index (χ0n) is 14.1. The summed E-state index contributed by atoms with van der Waals surface area (Å²) in [6.45, 7) is 2.28. The lowest BCUT2D eigenvalue weighted by Crippen LogP contribution is -2.50. The van der Waals surface area contributed by atoms with Crippen LogP contribution in [0.15, 0.2) is 6.07 Å². The fourth-order valence-corrected chi connectivity index (χ4v) is 5.92. The topological polar surface area (TPSA) is 53.2 Å². The van der Waals surface area contributed by atoms with Crippen molar-refractivity contribution in [2.45, 2.75) is 57.9 Å². The standard InChI is InChI=1S/C18H25N3OS2/c1-10-2-5-15-13(6-10)9-16(24-15)17(22)20-21-18(23)19-14-8-11-3-4-12(14)7-11/h9-12,14H,2-8H2,1H3,(H,20,22)(H2,19,21,23)/t10-,11+,12+,14+/m1/s1. The van der Waals surface area contributed by atoms with Crippen LogP contribution in [0.1, 0.15) is 59.1 Å². The van der Waals surface area contributed by atoms with Gasteiger partial charge in [0, 0.05) is 10.9 Å². The van der Waals surface area contributed by atoms with Gasteiger partial charge in [-0.15, -0.1) is 11.3 Å². The smallest absolute Gasteiger partial charge is 0.279 e. The SMILES string of the molecule is C[C@@H]1CCc2sc(C(=O)NNC(=S)N[C@H]3C[C@H]4CC[C@H]3C4)cc2C1. The molecule has 0 unspecified atom stereocenters. The number of hydrazine groups is 1. The molecule has 2 fully saturated rings. The first kappa shape index (κ1) is 16.3. The van der Waals surface area contributed by atoms with Crippen molar-refractivity contribution in [2.24, 2.45) is 17.8 Å². The van der Waals surface area contributed by atoms with Gasteiger partial charge in [0.25, 0.3) is 5.91 Å². The van der Waals surface area contributed by atoms with Crippen molar-refractivity contribution in [2.75, 3.05) is 0 Å². The third-order valence-corrected chi connectivity index (χ3v) is 7.35. The molecule has 0 aromatic carbocycles. The number of rotatable bonds is 2. The molecule has 1 aromatic heterocycles. The van der Waals surface area contributed by atoms with Crippen LogP contribution in [0.5, 0.6) is 0 Å². The molecule has 4 rings (SSSR count). The maximum atomic E-state index is 12.4. The Morgan fingerprint density at radius 2 is 2.12 bits per heavy atom. The summed E-state index contributed by atoms with van der Waals surface area (Å²) in [7, 11) is 0. The van der Waals surface area contributed by atoms with Crippen LogP contribution in [0.2, 0.25) is 0 Å². The van der Waals surface area contributed by atoms with E-state index in [9.17, 15) is 4.79 Å². The number of carbonyl (C=O) groups is 1. The van der Waals surface area contributed by atoms with E-state index >= 15 is 0 Å². The molecule has 0 radical (unpaired) electrons. The Bertz CT molecular complexity index is 657. The van der Waals surface area contributed by atoms with Gasteiger partial charge in [0.15, 0.2) is 5.11 Å². The number of amides is 1. The monoisotopic (exact) mass is 363 g/mol. The predicted octanol–water partition coefficient (Wildman–Crippen LogP) is 3.17. The second kappa shape index (κ2) is 6.64. The maximum absolute atomic E-state index is 12.4. The van der Waals surface area contributed by atoms with E-state index in [0.29, 0.717) is 11.2 Å². The molecule has 24 heavy (non-hydrogen) atoms. The van der Waals surface area contributed by atoms with Crippen molar-refractivity contribution >= 4 is 34.6 Å². The average molecular weight is 364 g/mol. The quantitative estimate of drug-likeness (QED) is 0.558. The van der Waals surface area contributed by atoms with E-state index in [1.165, 1.54) is 42.5 Å². The zero-order valence-corrected chi connectivity index (χ0v) is 15.7.